The van der Waals surface area contributed by atoms with Crippen LogP contribution in [0, 0.1) is 5.41 Å². The third-order valence-corrected chi connectivity index (χ3v) is 6.88. The van der Waals surface area contributed by atoms with E-state index in [2.05, 4.69) is 11.9 Å². The predicted molar refractivity (Wildman–Crippen MR) is 159 cm³/mol. The fraction of sp³-hybridized carbons (Fsp3) is 0.452. The smallest absolute Gasteiger partial charge is 0.408 e. The van der Waals surface area contributed by atoms with Crippen LogP contribution in [0.2, 0.25) is 0 Å². The first-order valence-corrected chi connectivity index (χ1v) is 14.2. The predicted octanol–water partition coefficient (Wildman–Crippen LogP) is 6.38. The number of aliphatic carboxylic acids is 1. The van der Waals surface area contributed by atoms with Crippen LogP contribution < -0.4 is 5.32 Å². The summed E-state index contributed by atoms with van der Waals surface area (Å²) in [5, 5.41) is 12.9. The normalized spacial score (nSPS) is 13.2. The Labute approximate surface area is 237 Å². The molecule has 0 spiro atoms. The Morgan fingerprint density at radius 3 is 2.10 bits per heavy atom. The molecule has 0 saturated heterocycles. The Hall–Kier alpha value is -3.26. The van der Waals surface area contributed by atoms with Gasteiger partial charge in [-0.2, -0.15) is 0 Å². The highest BCUT2D eigenvalue weighted by molar-refractivity contribution is 7.99. The van der Waals surface area contributed by atoms with Crippen LogP contribution in [0.1, 0.15) is 53.5 Å². The summed E-state index contributed by atoms with van der Waals surface area (Å²) in [7, 11) is 0. The minimum absolute atomic E-state index is 0.150. The zero-order valence-corrected chi connectivity index (χ0v) is 24.7. The molecule has 8 heteroatoms. The van der Waals surface area contributed by atoms with Gasteiger partial charge in [0.2, 0.25) is 5.91 Å². The summed E-state index contributed by atoms with van der Waals surface area (Å²) in [6.45, 7) is 14.4. The molecule has 0 bridgehead atoms. The Kier molecular flexibility index (Phi) is 11.6. The van der Waals surface area contributed by atoms with Gasteiger partial charge in [0.15, 0.2) is 0 Å². The van der Waals surface area contributed by atoms with Crippen LogP contribution in [0.15, 0.2) is 67.3 Å². The summed E-state index contributed by atoms with van der Waals surface area (Å²) in [5.74, 6) is -0.848. The molecule has 2 aromatic carbocycles. The topological polar surface area (TPSA) is 95.9 Å². The Balaban J connectivity index is 2.27. The highest BCUT2D eigenvalue weighted by Gasteiger charge is 2.40. The first kappa shape index (κ1) is 32.0. The van der Waals surface area contributed by atoms with E-state index in [0.717, 1.165) is 16.7 Å². The van der Waals surface area contributed by atoms with Gasteiger partial charge in [-0.15, -0.1) is 18.3 Å². The summed E-state index contributed by atoms with van der Waals surface area (Å²) in [6, 6.07) is 16.0. The van der Waals surface area contributed by atoms with Crippen molar-refractivity contribution in [2.24, 2.45) is 5.41 Å². The number of carboxylic acid groups (broad SMARTS) is 1. The van der Waals surface area contributed by atoms with Crippen molar-refractivity contribution in [1.29, 1.82) is 0 Å². The summed E-state index contributed by atoms with van der Waals surface area (Å²) < 4.78 is 5.39. The summed E-state index contributed by atoms with van der Waals surface area (Å²) in [5.41, 5.74) is 1.73. The quantitative estimate of drug-likeness (QED) is 0.179. The number of benzene rings is 2. The molecule has 0 aromatic heterocycles. The number of nitrogens with zero attached hydrogens (tertiary/aromatic N) is 1. The molecule has 0 fully saturated rings. The maximum Gasteiger partial charge on any atom is 0.408 e. The van der Waals surface area contributed by atoms with E-state index in [1.807, 2.05) is 75.4 Å². The molecule has 2 amide bonds. The van der Waals surface area contributed by atoms with Gasteiger partial charge in [-0.05, 0) is 55.7 Å². The highest BCUT2D eigenvalue weighted by atomic mass is 32.2. The summed E-state index contributed by atoms with van der Waals surface area (Å²) >= 11 is 1.39. The Morgan fingerprint density at radius 2 is 1.59 bits per heavy atom. The molecule has 212 valence electrons. The number of hydrogen-bond acceptors (Lipinski definition) is 5. The molecular formula is C31H42N2O5S. The van der Waals surface area contributed by atoms with Crippen LogP contribution >= 0.6 is 11.8 Å². The number of carboxylic acids is 1. The van der Waals surface area contributed by atoms with Gasteiger partial charge >= 0.3 is 12.1 Å². The van der Waals surface area contributed by atoms with E-state index in [1.54, 1.807) is 26.8 Å². The van der Waals surface area contributed by atoms with Crippen LogP contribution in [-0.4, -0.2) is 57.3 Å². The van der Waals surface area contributed by atoms with E-state index < -0.39 is 41.1 Å². The molecule has 0 aliphatic rings. The zero-order chi connectivity index (χ0) is 29.2. The second-order valence-electron chi connectivity index (χ2n) is 11.5. The number of ether oxygens (including phenoxy) is 1. The number of carbonyl (C=O) groups is 3. The number of thioether (sulfide) groups is 1. The van der Waals surface area contributed by atoms with Crippen molar-refractivity contribution >= 4 is 29.7 Å². The molecule has 0 heterocycles. The van der Waals surface area contributed by atoms with E-state index in [-0.39, 0.29) is 12.3 Å². The first-order chi connectivity index (χ1) is 18.2. The van der Waals surface area contributed by atoms with Crippen LogP contribution in [0.4, 0.5) is 4.79 Å². The number of hydrogen-bond donors (Lipinski definition) is 2. The molecule has 39 heavy (non-hydrogen) atoms. The van der Waals surface area contributed by atoms with E-state index in [0.29, 0.717) is 12.2 Å². The lowest BCUT2D eigenvalue weighted by molar-refractivity contribution is -0.151. The zero-order valence-electron chi connectivity index (χ0n) is 23.9. The number of alkyl carbamates (subject to hydrolysis) is 1. The maximum atomic E-state index is 13.9. The maximum absolute atomic E-state index is 13.9. The van der Waals surface area contributed by atoms with Crippen molar-refractivity contribution in [1.82, 2.24) is 10.2 Å². The lowest BCUT2D eigenvalue weighted by Gasteiger charge is -2.37. The Morgan fingerprint density at radius 1 is 1.00 bits per heavy atom. The average Bonchev–Trinajstić information content (AvgIpc) is 2.85. The third-order valence-electron chi connectivity index (χ3n) is 5.95. The molecule has 2 rings (SSSR count). The molecule has 2 aromatic rings. The monoisotopic (exact) mass is 554 g/mol. The van der Waals surface area contributed by atoms with Gasteiger partial charge < -0.3 is 20.1 Å². The number of amides is 2. The number of rotatable bonds is 12. The minimum atomic E-state index is -1.09. The van der Waals surface area contributed by atoms with Gasteiger partial charge in [0.25, 0.3) is 0 Å². The van der Waals surface area contributed by atoms with Crippen LogP contribution in [-0.2, 0) is 20.7 Å². The largest absolute Gasteiger partial charge is 0.480 e. The van der Waals surface area contributed by atoms with Crippen molar-refractivity contribution in [2.75, 3.05) is 11.6 Å². The molecule has 7 nitrogen and oxygen atoms in total. The average molecular weight is 555 g/mol. The lowest BCUT2D eigenvalue weighted by atomic mass is 9.85. The van der Waals surface area contributed by atoms with E-state index >= 15 is 0 Å². The molecule has 0 radical (unpaired) electrons. The third kappa shape index (κ3) is 10.4. The summed E-state index contributed by atoms with van der Waals surface area (Å²) in [6.07, 6.45) is 1.68. The van der Waals surface area contributed by atoms with Crippen LogP contribution in [0.3, 0.4) is 0 Å². The molecule has 0 saturated carbocycles. The van der Waals surface area contributed by atoms with Crippen molar-refractivity contribution in [3.8, 4) is 11.1 Å². The standard InChI is InChI=1S/C31H42N2O5S/c1-8-20-39-21-33(27(34)26(30(2,3)4)32-29(37)38-31(5,6)7)25(28(35)36)19-16-22-14-17-24(18-15-22)23-12-10-9-11-13-23/h8-15,17-18,25-26H,1,16,19-21H2,2-7H3,(H,32,37)(H,35,36)/t25-,26+/m0/s1. The SMILES string of the molecule is C=CCSCN(C(=O)[C@@H](NC(=O)OC(C)(C)C)C(C)(C)C)[C@@H](CCc1ccc(-c2ccccc2)cc1)C(=O)O. The van der Waals surface area contributed by atoms with Gasteiger partial charge in [-0.3, -0.25) is 4.79 Å². The second-order valence-corrected chi connectivity index (χ2v) is 12.5. The van der Waals surface area contributed by atoms with Gasteiger partial charge in [0, 0.05) is 5.75 Å². The fourth-order valence-electron chi connectivity index (χ4n) is 3.99. The highest BCUT2D eigenvalue weighted by Crippen LogP contribution is 2.26. The lowest BCUT2D eigenvalue weighted by Crippen LogP contribution is -2.58. The van der Waals surface area contributed by atoms with E-state index in [1.165, 1.54) is 16.7 Å². The van der Waals surface area contributed by atoms with Crippen molar-refractivity contribution < 1.29 is 24.2 Å². The number of nitrogens with one attached hydrogen (secondary N) is 1. The molecule has 2 atom stereocenters. The molecular weight excluding hydrogens is 512 g/mol. The first-order valence-electron chi connectivity index (χ1n) is 13.1. The van der Waals surface area contributed by atoms with Gasteiger partial charge in [0.1, 0.15) is 17.7 Å². The van der Waals surface area contributed by atoms with Crippen LogP contribution in [0.25, 0.3) is 11.1 Å². The molecule has 0 aliphatic heterocycles. The van der Waals surface area contributed by atoms with Crippen molar-refractivity contribution in [2.45, 2.75) is 72.1 Å². The number of aryl methyl sites for hydroxylation is 1. The molecule has 2 N–H and O–H groups in total. The van der Waals surface area contributed by atoms with Gasteiger partial charge in [-0.1, -0.05) is 81.4 Å². The summed E-state index contributed by atoms with van der Waals surface area (Å²) in [4.78, 5) is 40.4. The van der Waals surface area contributed by atoms with Crippen molar-refractivity contribution in [3.05, 3.63) is 72.8 Å². The van der Waals surface area contributed by atoms with Gasteiger partial charge in [-0.25, -0.2) is 9.59 Å². The fourth-order valence-corrected chi connectivity index (χ4v) is 4.77. The van der Waals surface area contributed by atoms with Gasteiger partial charge in [0.05, 0.1) is 5.88 Å². The molecule has 0 aliphatic carbocycles. The minimum Gasteiger partial charge on any atom is -0.480 e. The van der Waals surface area contributed by atoms with Crippen LogP contribution in [0.5, 0.6) is 0 Å². The molecule has 0 unspecified atom stereocenters. The van der Waals surface area contributed by atoms with E-state index in [4.69, 9.17) is 4.74 Å². The number of carbonyl (C=O) groups excluding carboxylic acids is 2. The van der Waals surface area contributed by atoms with Crippen molar-refractivity contribution in [3.63, 3.8) is 0 Å². The Bertz CT molecular complexity index is 1100. The van der Waals surface area contributed by atoms with E-state index in [9.17, 15) is 19.5 Å². The second kappa shape index (κ2) is 14.2.